The Kier molecular flexibility index (Phi) is 5.71. The van der Waals surface area contributed by atoms with Crippen LogP contribution in [0.2, 0.25) is 5.02 Å². The fraction of sp³-hybridized carbons (Fsp3) is 0.176. The second kappa shape index (κ2) is 7.74. The first kappa shape index (κ1) is 17.0. The van der Waals surface area contributed by atoms with Gasteiger partial charge >= 0.3 is 0 Å². The average Bonchev–Trinajstić information content (AvgIpc) is 2.51. The standard InChI is InChI=1S/C17H16ClFN2O2/c1-12(22)21(14-7-8-16(19)15(18)11-14)10-9-17(23)20-13-5-3-2-4-6-13/h2-8,11H,9-10H2,1H3,(H,20,23). The molecule has 0 saturated heterocycles. The molecule has 2 aromatic rings. The zero-order valence-corrected chi connectivity index (χ0v) is 13.3. The van der Waals surface area contributed by atoms with Crippen molar-refractivity contribution >= 4 is 34.8 Å². The predicted molar refractivity (Wildman–Crippen MR) is 89.1 cm³/mol. The van der Waals surface area contributed by atoms with Gasteiger partial charge in [0.2, 0.25) is 11.8 Å². The number of carbonyl (C=O) groups is 2. The maximum absolute atomic E-state index is 13.2. The lowest BCUT2D eigenvalue weighted by molar-refractivity contribution is -0.117. The molecule has 1 N–H and O–H groups in total. The highest BCUT2D eigenvalue weighted by Crippen LogP contribution is 2.23. The Hall–Kier alpha value is -2.40. The zero-order valence-electron chi connectivity index (χ0n) is 12.6. The Balaban J connectivity index is 2.01. The van der Waals surface area contributed by atoms with E-state index in [-0.39, 0.29) is 29.8 Å². The minimum atomic E-state index is -0.555. The van der Waals surface area contributed by atoms with Crippen molar-refractivity contribution in [1.29, 1.82) is 0 Å². The molecule has 0 aliphatic rings. The summed E-state index contributed by atoms with van der Waals surface area (Å²) in [5, 5.41) is 2.68. The molecule has 2 aromatic carbocycles. The van der Waals surface area contributed by atoms with E-state index in [4.69, 9.17) is 11.6 Å². The van der Waals surface area contributed by atoms with Crippen molar-refractivity contribution in [1.82, 2.24) is 0 Å². The van der Waals surface area contributed by atoms with Gasteiger partial charge in [0.1, 0.15) is 5.82 Å². The second-order valence-electron chi connectivity index (χ2n) is 4.93. The van der Waals surface area contributed by atoms with E-state index in [1.807, 2.05) is 18.2 Å². The topological polar surface area (TPSA) is 49.4 Å². The molecule has 4 nitrogen and oxygen atoms in total. The molecule has 0 saturated carbocycles. The molecule has 0 radical (unpaired) electrons. The Morgan fingerprint density at radius 2 is 1.87 bits per heavy atom. The van der Waals surface area contributed by atoms with Gasteiger partial charge in [0.25, 0.3) is 0 Å². The van der Waals surface area contributed by atoms with E-state index in [0.717, 1.165) is 0 Å². The number of hydrogen-bond donors (Lipinski definition) is 1. The molecule has 0 spiro atoms. The van der Waals surface area contributed by atoms with Gasteiger partial charge < -0.3 is 10.2 Å². The van der Waals surface area contributed by atoms with E-state index in [2.05, 4.69) is 5.32 Å². The summed E-state index contributed by atoms with van der Waals surface area (Å²) in [4.78, 5) is 25.1. The summed E-state index contributed by atoms with van der Waals surface area (Å²) in [6, 6.07) is 13.1. The first-order chi connectivity index (χ1) is 11.0. The largest absolute Gasteiger partial charge is 0.326 e. The van der Waals surface area contributed by atoms with E-state index >= 15 is 0 Å². The van der Waals surface area contributed by atoms with Crippen LogP contribution in [0.15, 0.2) is 48.5 Å². The third kappa shape index (κ3) is 4.79. The van der Waals surface area contributed by atoms with Gasteiger partial charge in [-0.05, 0) is 30.3 Å². The molecular weight excluding hydrogens is 319 g/mol. The summed E-state index contributed by atoms with van der Waals surface area (Å²) in [6.07, 6.45) is 0.115. The number of halogens is 2. The summed E-state index contributed by atoms with van der Waals surface area (Å²) in [5.74, 6) is -1.02. The normalized spacial score (nSPS) is 10.2. The van der Waals surface area contributed by atoms with Gasteiger partial charge in [0.05, 0.1) is 5.02 Å². The van der Waals surface area contributed by atoms with Crippen LogP contribution in [0.3, 0.4) is 0 Å². The molecule has 0 fully saturated rings. The van der Waals surface area contributed by atoms with Crippen molar-refractivity contribution < 1.29 is 14.0 Å². The van der Waals surface area contributed by atoms with Gasteiger partial charge in [-0.2, -0.15) is 0 Å². The smallest absolute Gasteiger partial charge is 0.226 e. The molecule has 0 aliphatic heterocycles. The van der Waals surface area contributed by atoms with Crippen LogP contribution in [0.1, 0.15) is 13.3 Å². The highest BCUT2D eigenvalue weighted by Gasteiger charge is 2.15. The number of rotatable bonds is 5. The zero-order chi connectivity index (χ0) is 16.8. The Bertz CT molecular complexity index is 707. The maximum Gasteiger partial charge on any atom is 0.226 e. The number of para-hydroxylation sites is 1. The molecule has 0 atom stereocenters. The molecule has 23 heavy (non-hydrogen) atoms. The van der Waals surface area contributed by atoms with E-state index in [0.29, 0.717) is 11.4 Å². The second-order valence-corrected chi connectivity index (χ2v) is 5.34. The molecule has 0 bridgehead atoms. The molecule has 0 unspecified atom stereocenters. The lowest BCUT2D eigenvalue weighted by Crippen LogP contribution is -2.32. The van der Waals surface area contributed by atoms with Crippen molar-refractivity contribution in [3.05, 3.63) is 59.4 Å². The van der Waals surface area contributed by atoms with Gasteiger partial charge in [-0.1, -0.05) is 29.8 Å². The van der Waals surface area contributed by atoms with Crippen LogP contribution in [-0.4, -0.2) is 18.4 Å². The van der Waals surface area contributed by atoms with Crippen LogP contribution in [0, 0.1) is 5.82 Å². The van der Waals surface area contributed by atoms with Crippen LogP contribution in [0.25, 0.3) is 0 Å². The van der Waals surface area contributed by atoms with E-state index in [1.165, 1.54) is 30.0 Å². The molecule has 6 heteroatoms. The highest BCUT2D eigenvalue weighted by atomic mass is 35.5. The van der Waals surface area contributed by atoms with Crippen LogP contribution >= 0.6 is 11.6 Å². The van der Waals surface area contributed by atoms with Gasteiger partial charge in [-0.3, -0.25) is 9.59 Å². The van der Waals surface area contributed by atoms with Crippen molar-refractivity contribution in [2.75, 3.05) is 16.8 Å². The Labute approximate surface area is 138 Å². The number of benzene rings is 2. The third-order valence-corrected chi connectivity index (χ3v) is 3.50. The SMILES string of the molecule is CC(=O)N(CCC(=O)Nc1ccccc1)c1ccc(F)c(Cl)c1. The first-order valence-electron chi connectivity index (χ1n) is 7.05. The van der Waals surface area contributed by atoms with E-state index < -0.39 is 5.82 Å². The van der Waals surface area contributed by atoms with Crippen LogP contribution in [-0.2, 0) is 9.59 Å². The number of carbonyl (C=O) groups excluding carboxylic acids is 2. The third-order valence-electron chi connectivity index (χ3n) is 3.21. The van der Waals surface area contributed by atoms with Crippen molar-refractivity contribution in [2.24, 2.45) is 0 Å². The Morgan fingerprint density at radius 1 is 1.17 bits per heavy atom. The summed E-state index contributed by atoms with van der Waals surface area (Å²) >= 11 is 5.74. The van der Waals surface area contributed by atoms with E-state index in [9.17, 15) is 14.0 Å². The number of amides is 2. The van der Waals surface area contributed by atoms with Crippen LogP contribution < -0.4 is 10.2 Å². The quantitative estimate of drug-likeness (QED) is 0.902. The summed E-state index contributed by atoms with van der Waals surface area (Å²) in [6.45, 7) is 1.56. The molecule has 2 amide bonds. The molecule has 2 rings (SSSR count). The van der Waals surface area contributed by atoms with Crippen molar-refractivity contribution in [3.8, 4) is 0 Å². The fourth-order valence-electron chi connectivity index (χ4n) is 2.08. The molecule has 0 heterocycles. The lowest BCUT2D eigenvalue weighted by Gasteiger charge is -2.21. The number of anilines is 2. The number of nitrogens with one attached hydrogen (secondary N) is 1. The number of nitrogens with zero attached hydrogens (tertiary/aromatic N) is 1. The highest BCUT2D eigenvalue weighted by molar-refractivity contribution is 6.31. The van der Waals surface area contributed by atoms with Crippen LogP contribution in [0.5, 0.6) is 0 Å². The lowest BCUT2D eigenvalue weighted by atomic mass is 10.2. The molecule has 0 aromatic heterocycles. The van der Waals surface area contributed by atoms with E-state index in [1.54, 1.807) is 12.1 Å². The molecule has 120 valence electrons. The number of hydrogen-bond acceptors (Lipinski definition) is 2. The van der Waals surface area contributed by atoms with Crippen LogP contribution in [0.4, 0.5) is 15.8 Å². The summed E-state index contributed by atoms with van der Waals surface area (Å²) in [5.41, 5.74) is 1.15. The van der Waals surface area contributed by atoms with Gasteiger partial charge in [0.15, 0.2) is 0 Å². The minimum Gasteiger partial charge on any atom is -0.326 e. The fourth-order valence-corrected chi connectivity index (χ4v) is 2.25. The molecular formula is C17H16ClFN2O2. The Morgan fingerprint density at radius 3 is 2.48 bits per heavy atom. The summed E-state index contributed by atoms with van der Waals surface area (Å²) < 4.78 is 13.2. The van der Waals surface area contributed by atoms with Crippen molar-refractivity contribution in [3.63, 3.8) is 0 Å². The molecule has 0 aliphatic carbocycles. The monoisotopic (exact) mass is 334 g/mol. The van der Waals surface area contributed by atoms with Gasteiger partial charge in [-0.15, -0.1) is 0 Å². The predicted octanol–water partition coefficient (Wildman–Crippen LogP) is 3.86. The summed E-state index contributed by atoms with van der Waals surface area (Å²) in [7, 11) is 0. The van der Waals surface area contributed by atoms with Gasteiger partial charge in [-0.25, -0.2) is 4.39 Å². The first-order valence-corrected chi connectivity index (χ1v) is 7.43. The minimum absolute atomic E-state index is 0.0671. The average molecular weight is 335 g/mol. The van der Waals surface area contributed by atoms with Crippen molar-refractivity contribution in [2.45, 2.75) is 13.3 Å². The maximum atomic E-state index is 13.2. The van der Waals surface area contributed by atoms with Gasteiger partial charge in [0, 0.05) is 31.3 Å².